The van der Waals surface area contributed by atoms with Crippen molar-refractivity contribution < 1.29 is 9.59 Å². The number of rotatable bonds is 7. The first kappa shape index (κ1) is 18.9. The molecular weight excluding hydrogens is 340 g/mol. The predicted molar refractivity (Wildman–Crippen MR) is 107 cm³/mol. The number of benzene rings is 2. The molecule has 0 radical (unpaired) electrons. The zero-order chi connectivity index (χ0) is 18.9. The molecule has 1 aliphatic heterocycles. The van der Waals surface area contributed by atoms with Crippen LogP contribution in [0.4, 0.5) is 5.69 Å². The van der Waals surface area contributed by atoms with Crippen LogP contribution in [0.15, 0.2) is 60.7 Å². The third kappa shape index (κ3) is 5.82. The van der Waals surface area contributed by atoms with Gasteiger partial charge in [0.05, 0.1) is 6.54 Å². The first-order chi connectivity index (χ1) is 13.2. The highest BCUT2D eigenvalue weighted by atomic mass is 16.2. The fourth-order valence-electron chi connectivity index (χ4n) is 3.14. The molecule has 0 bridgehead atoms. The summed E-state index contributed by atoms with van der Waals surface area (Å²) in [6, 6.07) is 19.3. The summed E-state index contributed by atoms with van der Waals surface area (Å²) < 4.78 is 0. The molecule has 0 saturated carbocycles. The molecule has 2 amide bonds. The molecule has 3 rings (SSSR count). The maximum atomic E-state index is 11.9. The Morgan fingerprint density at radius 2 is 1.44 bits per heavy atom. The van der Waals surface area contributed by atoms with Gasteiger partial charge in [0.25, 0.3) is 5.91 Å². The third-order valence-electron chi connectivity index (χ3n) is 4.69. The van der Waals surface area contributed by atoms with Crippen LogP contribution >= 0.6 is 0 Å². The maximum absolute atomic E-state index is 11.9. The number of nitrogens with one attached hydrogen (secondary N) is 2. The summed E-state index contributed by atoms with van der Waals surface area (Å²) in [7, 11) is 0. The molecule has 1 saturated heterocycles. The second-order valence-electron chi connectivity index (χ2n) is 6.56. The van der Waals surface area contributed by atoms with E-state index in [1.165, 1.54) is 5.69 Å². The first-order valence-electron chi connectivity index (χ1n) is 9.35. The van der Waals surface area contributed by atoms with Crippen LogP contribution < -0.4 is 15.5 Å². The highest BCUT2D eigenvalue weighted by Gasteiger charge is 2.16. The lowest BCUT2D eigenvalue weighted by atomic mass is 10.2. The molecule has 6 heteroatoms. The predicted octanol–water partition coefficient (Wildman–Crippen LogP) is 1.35. The molecule has 142 valence electrons. The van der Waals surface area contributed by atoms with Gasteiger partial charge in [-0.15, -0.1) is 0 Å². The molecule has 2 aromatic rings. The van der Waals surface area contributed by atoms with Gasteiger partial charge in [0.2, 0.25) is 5.91 Å². The van der Waals surface area contributed by atoms with Crippen molar-refractivity contribution in [2.45, 2.75) is 0 Å². The second-order valence-corrected chi connectivity index (χ2v) is 6.56. The largest absolute Gasteiger partial charge is 0.369 e. The van der Waals surface area contributed by atoms with E-state index in [1.807, 2.05) is 12.1 Å². The summed E-state index contributed by atoms with van der Waals surface area (Å²) in [5.41, 5.74) is 1.82. The Hall–Kier alpha value is -2.86. The molecule has 0 aromatic heterocycles. The molecule has 1 aliphatic rings. The summed E-state index contributed by atoms with van der Waals surface area (Å²) in [5.74, 6) is -0.398. The number of hydrogen-bond acceptors (Lipinski definition) is 4. The zero-order valence-electron chi connectivity index (χ0n) is 15.4. The van der Waals surface area contributed by atoms with Crippen molar-refractivity contribution in [2.75, 3.05) is 50.7 Å². The Kier molecular flexibility index (Phi) is 6.82. The average Bonchev–Trinajstić information content (AvgIpc) is 2.74. The lowest BCUT2D eigenvalue weighted by molar-refractivity contribution is -0.120. The molecule has 0 aliphatic carbocycles. The molecule has 6 nitrogen and oxygen atoms in total. The summed E-state index contributed by atoms with van der Waals surface area (Å²) in [4.78, 5) is 28.6. The Morgan fingerprint density at radius 1 is 0.815 bits per heavy atom. The molecular formula is C21H26N4O2. The van der Waals surface area contributed by atoms with Gasteiger partial charge in [0.1, 0.15) is 0 Å². The smallest absolute Gasteiger partial charge is 0.251 e. The van der Waals surface area contributed by atoms with E-state index in [0.717, 1.165) is 32.7 Å². The van der Waals surface area contributed by atoms with Crippen molar-refractivity contribution in [2.24, 2.45) is 0 Å². The van der Waals surface area contributed by atoms with Gasteiger partial charge < -0.3 is 15.5 Å². The number of hydrogen-bond donors (Lipinski definition) is 2. The number of carbonyl (C=O) groups excluding carboxylic acids is 2. The molecule has 1 fully saturated rings. The van der Waals surface area contributed by atoms with Crippen LogP contribution in [0.25, 0.3) is 0 Å². The van der Waals surface area contributed by atoms with Crippen LogP contribution in [0.1, 0.15) is 10.4 Å². The van der Waals surface area contributed by atoms with E-state index in [0.29, 0.717) is 12.1 Å². The highest BCUT2D eigenvalue weighted by Crippen LogP contribution is 2.15. The SMILES string of the molecule is O=C(CNC(=O)c1ccccc1)NCCN1CCN(c2ccccc2)CC1. The topological polar surface area (TPSA) is 64.7 Å². The van der Waals surface area contributed by atoms with E-state index in [1.54, 1.807) is 24.3 Å². The van der Waals surface area contributed by atoms with Crippen molar-refractivity contribution in [3.05, 3.63) is 66.2 Å². The molecule has 2 N–H and O–H groups in total. The van der Waals surface area contributed by atoms with Gasteiger partial charge in [-0.1, -0.05) is 36.4 Å². The van der Waals surface area contributed by atoms with Gasteiger partial charge in [-0.05, 0) is 24.3 Å². The Balaban J connectivity index is 1.30. The normalized spacial score (nSPS) is 14.6. The highest BCUT2D eigenvalue weighted by molar-refractivity contribution is 5.96. The minimum atomic E-state index is -0.234. The molecule has 0 unspecified atom stereocenters. The Morgan fingerprint density at radius 3 is 2.11 bits per heavy atom. The van der Waals surface area contributed by atoms with E-state index in [4.69, 9.17) is 0 Å². The molecule has 1 heterocycles. The number of carbonyl (C=O) groups is 2. The lowest BCUT2D eigenvalue weighted by Gasteiger charge is -2.36. The zero-order valence-corrected chi connectivity index (χ0v) is 15.4. The van der Waals surface area contributed by atoms with Crippen molar-refractivity contribution in [1.29, 1.82) is 0 Å². The first-order valence-corrected chi connectivity index (χ1v) is 9.35. The summed E-state index contributed by atoms with van der Waals surface area (Å²) >= 11 is 0. The fourth-order valence-corrected chi connectivity index (χ4v) is 3.14. The monoisotopic (exact) mass is 366 g/mol. The summed E-state index contributed by atoms with van der Waals surface area (Å²) in [6.45, 7) is 5.35. The fraction of sp³-hybridized carbons (Fsp3) is 0.333. The van der Waals surface area contributed by atoms with Gasteiger partial charge in [-0.2, -0.15) is 0 Å². The van der Waals surface area contributed by atoms with Crippen molar-refractivity contribution in [1.82, 2.24) is 15.5 Å². The van der Waals surface area contributed by atoms with E-state index < -0.39 is 0 Å². The van der Waals surface area contributed by atoms with Crippen LogP contribution in [0, 0.1) is 0 Å². The maximum Gasteiger partial charge on any atom is 0.251 e. The van der Waals surface area contributed by atoms with Gasteiger partial charge in [-0.25, -0.2) is 0 Å². The Labute approximate surface area is 160 Å². The molecule has 0 spiro atoms. The minimum Gasteiger partial charge on any atom is -0.369 e. The van der Waals surface area contributed by atoms with Crippen LogP contribution in [0.5, 0.6) is 0 Å². The number of nitrogens with zero attached hydrogens (tertiary/aromatic N) is 2. The van der Waals surface area contributed by atoms with Gasteiger partial charge in [0, 0.05) is 50.5 Å². The van der Waals surface area contributed by atoms with E-state index >= 15 is 0 Å². The Bertz CT molecular complexity index is 728. The van der Waals surface area contributed by atoms with Crippen molar-refractivity contribution in [3.8, 4) is 0 Å². The van der Waals surface area contributed by atoms with Crippen LogP contribution in [-0.2, 0) is 4.79 Å². The van der Waals surface area contributed by atoms with E-state index in [9.17, 15) is 9.59 Å². The summed E-state index contributed by atoms with van der Waals surface area (Å²) in [5, 5.41) is 5.51. The summed E-state index contributed by atoms with van der Waals surface area (Å²) in [6.07, 6.45) is 0. The van der Waals surface area contributed by atoms with Crippen LogP contribution in [-0.4, -0.2) is 62.5 Å². The number of piperazine rings is 1. The molecule has 27 heavy (non-hydrogen) atoms. The van der Waals surface area contributed by atoms with E-state index in [2.05, 4.69) is 44.7 Å². The molecule has 0 atom stereocenters. The van der Waals surface area contributed by atoms with Gasteiger partial charge in [0.15, 0.2) is 0 Å². The number of para-hydroxylation sites is 1. The van der Waals surface area contributed by atoms with Gasteiger partial charge >= 0.3 is 0 Å². The van der Waals surface area contributed by atoms with Gasteiger partial charge in [-0.3, -0.25) is 14.5 Å². The number of anilines is 1. The lowest BCUT2D eigenvalue weighted by Crippen LogP contribution is -2.49. The van der Waals surface area contributed by atoms with E-state index in [-0.39, 0.29) is 18.4 Å². The van der Waals surface area contributed by atoms with Crippen LogP contribution in [0.3, 0.4) is 0 Å². The standard InChI is InChI=1S/C21H26N4O2/c26-20(17-23-21(27)18-7-3-1-4-8-18)22-11-12-24-13-15-25(16-14-24)19-9-5-2-6-10-19/h1-10H,11-17H2,(H,22,26)(H,23,27). The van der Waals surface area contributed by atoms with Crippen molar-refractivity contribution >= 4 is 17.5 Å². The quantitative estimate of drug-likeness (QED) is 0.777. The minimum absolute atomic E-state index is 0.00445. The number of amides is 2. The van der Waals surface area contributed by atoms with Crippen LogP contribution in [0.2, 0.25) is 0 Å². The molecule has 2 aromatic carbocycles. The van der Waals surface area contributed by atoms with Crippen molar-refractivity contribution in [3.63, 3.8) is 0 Å². The third-order valence-corrected chi connectivity index (χ3v) is 4.69. The average molecular weight is 366 g/mol. The second kappa shape index (κ2) is 9.73.